The Bertz CT molecular complexity index is 627. The van der Waals surface area contributed by atoms with Gasteiger partial charge in [0.1, 0.15) is 12.1 Å². The van der Waals surface area contributed by atoms with Crippen LogP contribution in [-0.2, 0) is 24.0 Å². The summed E-state index contributed by atoms with van der Waals surface area (Å²) in [6.45, 7) is 3.68. The largest absolute Gasteiger partial charge is 0.480 e. The molecule has 12 heteroatoms. The molecule has 0 spiro atoms. The van der Waals surface area contributed by atoms with E-state index in [9.17, 15) is 29.1 Å². The van der Waals surface area contributed by atoms with Crippen LogP contribution in [0.5, 0.6) is 0 Å². The van der Waals surface area contributed by atoms with Crippen molar-refractivity contribution in [2.24, 2.45) is 23.1 Å². The Morgan fingerprint density at radius 1 is 0.935 bits per heavy atom. The van der Waals surface area contributed by atoms with E-state index in [1.807, 2.05) is 13.8 Å². The number of carboxylic acid groups (broad SMARTS) is 1. The molecule has 12 nitrogen and oxygen atoms in total. The van der Waals surface area contributed by atoms with Crippen molar-refractivity contribution in [3.8, 4) is 0 Å². The summed E-state index contributed by atoms with van der Waals surface area (Å²) in [6, 6.07) is -3.03. The number of carbonyl (C=O) groups is 5. The number of carbonyl (C=O) groups excluding carboxylic acids is 4. The van der Waals surface area contributed by atoms with Crippen molar-refractivity contribution in [2.75, 3.05) is 13.1 Å². The van der Waals surface area contributed by atoms with E-state index >= 15 is 0 Å². The van der Waals surface area contributed by atoms with Crippen molar-refractivity contribution in [2.45, 2.75) is 70.5 Å². The second-order valence-corrected chi connectivity index (χ2v) is 7.76. The average molecular weight is 445 g/mol. The molecule has 4 amide bonds. The standard InChI is InChI=1S/C19H36N6O6/c1-11(2)9-14(25-17(28)12(21)6-7-15(22)26)18(29)23-10-16(27)24-13(19(30)31)5-3-4-8-20/h11-14H,3-10,20-21H2,1-2H3,(H2,22,26)(H,23,29)(H,24,27)(H,25,28)(H,30,31). The molecule has 0 saturated carbocycles. The van der Waals surface area contributed by atoms with E-state index in [0.717, 1.165) is 0 Å². The molecule has 178 valence electrons. The topological polar surface area (TPSA) is 220 Å². The van der Waals surface area contributed by atoms with E-state index in [-0.39, 0.29) is 25.2 Å². The number of nitrogens with one attached hydrogen (secondary N) is 3. The second-order valence-electron chi connectivity index (χ2n) is 7.76. The number of hydrogen-bond acceptors (Lipinski definition) is 7. The van der Waals surface area contributed by atoms with Crippen LogP contribution in [0.4, 0.5) is 0 Å². The minimum absolute atomic E-state index is 0.0420. The van der Waals surface area contributed by atoms with Crippen LogP contribution in [0, 0.1) is 5.92 Å². The highest BCUT2D eigenvalue weighted by Gasteiger charge is 2.26. The molecule has 31 heavy (non-hydrogen) atoms. The van der Waals surface area contributed by atoms with Gasteiger partial charge in [0.2, 0.25) is 23.6 Å². The Hall–Kier alpha value is -2.73. The van der Waals surface area contributed by atoms with E-state index in [4.69, 9.17) is 17.2 Å². The van der Waals surface area contributed by atoms with Gasteiger partial charge in [-0.15, -0.1) is 0 Å². The molecule has 10 N–H and O–H groups in total. The van der Waals surface area contributed by atoms with E-state index in [1.165, 1.54) is 0 Å². The SMILES string of the molecule is CC(C)CC(NC(=O)C(N)CCC(N)=O)C(=O)NCC(=O)NC(CCCCN)C(=O)O. The number of amides is 4. The lowest BCUT2D eigenvalue weighted by atomic mass is 10.0. The molecule has 3 unspecified atom stereocenters. The molecule has 0 bridgehead atoms. The predicted molar refractivity (Wildman–Crippen MR) is 113 cm³/mol. The molecule has 0 fully saturated rings. The molecular formula is C19H36N6O6. The summed E-state index contributed by atoms with van der Waals surface area (Å²) in [5, 5.41) is 16.5. The molecule has 0 aliphatic heterocycles. The summed E-state index contributed by atoms with van der Waals surface area (Å²) in [6.07, 6.45) is 1.67. The van der Waals surface area contributed by atoms with Gasteiger partial charge in [-0.25, -0.2) is 4.79 Å². The van der Waals surface area contributed by atoms with Gasteiger partial charge in [-0.1, -0.05) is 13.8 Å². The molecule has 0 aliphatic carbocycles. The molecule has 0 aromatic rings. The third kappa shape index (κ3) is 13.2. The number of unbranched alkanes of at least 4 members (excludes halogenated alkanes) is 1. The molecule has 0 rings (SSSR count). The van der Waals surface area contributed by atoms with Crippen molar-refractivity contribution < 1.29 is 29.1 Å². The lowest BCUT2D eigenvalue weighted by Crippen LogP contribution is -2.54. The zero-order valence-electron chi connectivity index (χ0n) is 18.2. The predicted octanol–water partition coefficient (Wildman–Crippen LogP) is -2.08. The average Bonchev–Trinajstić information content (AvgIpc) is 2.68. The zero-order valence-corrected chi connectivity index (χ0v) is 18.2. The van der Waals surface area contributed by atoms with Crippen LogP contribution in [-0.4, -0.2) is 65.9 Å². The zero-order chi connectivity index (χ0) is 24.0. The minimum atomic E-state index is -1.17. The highest BCUT2D eigenvalue weighted by atomic mass is 16.4. The summed E-state index contributed by atoms with van der Waals surface area (Å²) >= 11 is 0. The van der Waals surface area contributed by atoms with Gasteiger partial charge in [-0.05, 0) is 44.6 Å². The van der Waals surface area contributed by atoms with Crippen molar-refractivity contribution in [3.05, 3.63) is 0 Å². The van der Waals surface area contributed by atoms with E-state index in [1.54, 1.807) is 0 Å². The van der Waals surface area contributed by atoms with Gasteiger partial charge in [0.05, 0.1) is 12.6 Å². The fraction of sp³-hybridized carbons (Fsp3) is 0.737. The fourth-order valence-electron chi connectivity index (χ4n) is 2.70. The first-order valence-corrected chi connectivity index (χ1v) is 10.3. The van der Waals surface area contributed by atoms with Crippen LogP contribution in [0.25, 0.3) is 0 Å². The van der Waals surface area contributed by atoms with Crippen LogP contribution >= 0.6 is 0 Å². The molecule has 0 heterocycles. The number of nitrogens with two attached hydrogens (primary N) is 3. The quantitative estimate of drug-likeness (QED) is 0.131. The van der Waals surface area contributed by atoms with Gasteiger partial charge < -0.3 is 38.3 Å². The second kappa shape index (κ2) is 15.1. The Labute approximate surface area is 182 Å². The number of rotatable bonds is 16. The highest BCUT2D eigenvalue weighted by Crippen LogP contribution is 2.06. The van der Waals surface area contributed by atoms with Crippen LogP contribution in [0.3, 0.4) is 0 Å². The van der Waals surface area contributed by atoms with Crippen molar-refractivity contribution in [3.63, 3.8) is 0 Å². The lowest BCUT2D eigenvalue weighted by Gasteiger charge is -2.22. The number of carboxylic acids is 1. The normalized spacial score (nSPS) is 13.7. The maximum Gasteiger partial charge on any atom is 0.326 e. The molecule has 0 radical (unpaired) electrons. The molecule has 0 aliphatic rings. The third-order valence-electron chi connectivity index (χ3n) is 4.38. The van der Waals surface area contributed by atoms with Crippen LogP contribution < -0.4 is 33.2 Å². The minimum Gasteiger partial charge on any atom is -0.480 e. The Morgan fingerprint density at radius 2 is 1.58 bits per heavy atom. The monoisotopic (exact) mass is 444 g/mol. The maximum absolute atomic E-state index is 12.5. The van der Waals surface area contributed by atoms with Crippen molar-refractivity contribution in [1.82, 2.24) is 16.0 Å². The first kappa shape index (κ1) is 28.3. The van der Waals surface area contributed by atoms with E-state index < -0.39 is 54.3 Å². The summed E-state index contributed by atoms with van der Waals surface area (Å²) < 4.78 is 0. The van der Waals surface area contributed by atoms with Gasteiger partial charge in [0.25, 0.3) is 0 Å². The molecule has 3 atom stereocenters. The summed E-state index contributed by atoms with van der Waals surface area (Å²) in [5.41, 5.74) is 16.1. The summed E-state index contributed by atoms with van der Waals surface area (Å²) in [5.74, 6) is -3.60. The van der Waals surface area contributed by atoms with E-state index in [2.05, 4.69) is 16.0 Å². The van der Waals surface area contributed by atoms with Crippen LogP contribution in [0.1, 0.15) is 52.4 Å². The van der Waals surface area contributed by atoms with Gasteiger partial charge in [-0.3, -0.25) is 19.2 Å². The summed E-state index contributed by atoms with van der Waals surface area (Å²) in [7, 11) is 0. The van der Waals surface area contributed by atoms with E-state index in [0.29, 0.717) is 25.8 Å². The Kier molecular flexibility index (Phi) is 13.8. The molecule has 0 saturated heterocycles. The number of primary amides is 1. The number of aliphatic carboxylic acids is 1. The maximum atomic E-state index is 12.5. The Morgan fingerprint density at radius 3 is 2.10 bits per heavy atom. The fourth-order valence-corrected chi connectivity index (χ4v) is 2.70. The summed E-state index contributed by atoms with van der Waals surface area (Å²) in [4.78, 5) is 58.8. The van der Waals surface area contributed by atoms with Crippen LogP contribution in [0.2, 0.25) is 0 Å². The lowest BCUT2D eigenvalue weighted by molar-refractivity contribution is -0.142. The van der Waals surface area contributed by atoms with Crippen molar-refractivity contribution >= 4 is 29.6 Å². The number of hydrogen-bond donors (Lipinski definition) is 7. The third-order valence-corrected chi connectivity index (χ3v) is 4.38. The van der Waals surface area contributed by atoms with Gasteiger partial charge in [0.15, 0.2) is 0 Å². The molecule has 0 aromatic heterocycles. The Balaban J connectivity index is 4.78. The smallest absolute Gasteiger partial charge is 0.326 e. The first-order valence-electron chi connectivity index (χ1n) is 10.3. The van der Waals surface area contributed by atoms with Crippen LogP contribution in [0.15, 0.2) is 0 Å². The molecular weight excluding hydrogens is 408 g/mol. The molecule has 0 aromatic carbocycles. The van der Waals surface area contributed by atoms with Gasteiger partial charge in [-0.2, -0.15) is 0 Å². The first-order chi connectivity index (χ1) is 14.5. The van der Waals surface area contributed by atoms with Crippen molar-refractivity contribution in [1.29, 1.82) is 0 Å². The highest BCUT2D eigenvalue weighted by molar-refractivity contribution is 5.92. The van der Waals surface area contributed by atoms with Gasteiger partial charge in [0, 0.05) is 6.42 Å². The van der Waals surface area contributed by atoms with Gasteiger partial charge >= 0.3 is 5.97 Å².